The van der Waals surface area contributed by atoms with Crippen molar-refractivity contribution in [3.05, 3.63) is 47.5 Å². The van der Waals surface area contributed by atoms with Crippen LogP contribution >= 0.6 is 11.6 Å². The predicted molar refractivity (Wildman–Crippen MR) is 65.0 cm³/mol. The minimum Gasteiger partial charge on any atom is -0.388 e. The lowest BCUT2D eigenvalue weighted by atomic mass is 9.92. The van der Waals surface area contributed by atoms with Crippen LogP contribution in [0.5, 0.6) is 0 Å². The van der Waals surface area contributed by atoms with Gasteiger partial charge in [-0.15, -0.1) is 6.58 Å². The van der Waals surface area contributed by atoms with Gasteiger partial charge in [-0.25, -0.2) is 0 Å². The highest BCUT2D eigenvalue weighted by molar-refractivity contribution is 6.30. The van der Waals surface area contributed by atoms with Crippen LogP contribution in [0.4, 0.5) is 0 Å². The Labute approximate surface area is 96.4 Å². The van der Waals surface area contributed by atoms with Crippen molar-refractivity contribution in [3.8, 4) is 0 Å². The smallest absolute Gasteiger partial charge is 0.0852 e. The maximum atomic E-state index is 10.1. The van der Waals surface area contributed by atoms with Crippen LogP contribution in [0.25, 0.3) is 0 Å². The largest absolute Gasteiger partial charge is 0.388 e. The Hall–Kier alpha value is -0.790. The molecule has 0 aliphatic carbocycles. The maximum absolute atomic E-state index is 10.1. The van der Waals surface area contributed by atoms with Crippen LogP contribution in [0.3, 0.4) is 0 Å². The monoisotopic (exact) mass is 224 g/mol. The number of hydrogen-bond donors (Lipinski definition) is 1. The van der Waals surface area contributed by atoms with Gasteiger partial charge in [-0.05, 0) is 24.1 Å². The Morgan fingerprint density at radius 1 is 1.40 bits per heavy atom. The van der Waals surface area contributed by atoms with E-state index in [1.165, 1.54) is 0 Å². The van der Waals surface area contributed by atoms with Gasteiger partial charge in [0.15, 0.2) is 0 Å². The summed E-state index contributed by atoms with van der Waals surface area (Å²) in [4.78, 5) is 0. The fourth-order valence-electron chi connectivity index (χ4n) is 1.65. The molecule has 15 heavy (non-hydrogen) atoms. The van der Waals surface area contributed by atoms with Gasteiger partial charge in [0.05, 0.1) is 6.10 Å². The van der Waals surface area contributed by atoms with Crippen LogP contribution in [0.1, 0.15) is 31.4 Å². The Bertz CT molecular complexity index is 305. The molecular weight excluding hydrogens is 208 g/mol. The lowest BCUT2D eigenvalue weighted by molar-refractivity contribution is 0.126. The van der Waals surface area contributed by atoms with Crippen LogP contribution in [0.2, 0.25) is 5.02 Å². The molecule has 0 unspecified atom stereocenters. The quantitative estimate of drug-likeness (QED) is 0.751. The third kappa shape index (κ3) is 3.37. The summed E-state index contributed by atoms with van der Waals surface area (Å²) in [7, 11) is 0. The predicted octanol–water partition coefficient (Wildman–Crippen LogP) is 3.98. The van der Waals surface area contributed by atoms with Crippen LogP contribution in [-0.2, 0) is 0 Å². The normalized spacial score (nSPS) is 14.6. The summed E-state index contributed by atoms with van der Waals surface area (Å²) in [5.41, 5.74) is 0.901. The van der Waals surface area contributed by atoms with E-state index < -0.39 is 6.10 Å². The highest BCUT2D eigenvalue weighted by Gasteiger charge is 2.16. The van der Waals surface area contributed by atoms with Crippen molar-refractivity contribution < 1.29 is 5.11 Å². The zero-order chi connectivity index (χ0) is 11.3. The van der Waals surface area contributed by atoms with E-state index in [1.807, 2.05) is 18.2 Å². The Kier molecular flexibility index (Phi) is 4.86. The van der Waals surface area contributed by atoms with E-state index in [9.17, 15) is 5.11 Å². The number of hydrogen-bond acceptors (Lipinski definition) is 1. The van der Waals surface area contributed by atoms with E-state index in [-0.39, 0.29) is 5.92 Å². The van der Waals surface area contributed by atoms with Gasteiger partial charge < -0.3 is 5.11 Å². The molecule has 0 saturated carbocycles. The SMILES string of the molecule is C=C[C@H](CCC)[C@H](O)c1ccc(Cl)cc1. The van der Waals surface area contributed by atoms with E-state index in [1.54, 1.807) is 12.1 Å². The van der Waals surface area contributed by atoms with Crippen molar-refractivity contribution in [1.29, 1.82) is 0 Å². The van der Waals surface area contributed by atoms with Crippen molar-refractivity contribution in [3.63, 3.8) is 0 Å². The molecule has 0 bridgehead atoms. The summed E-state index contributed by atoms with van der Waals surface area (Å²) < 4.78 is 0. The van der Waals surface area contributed by atoms with Crippen molar-refractivity contribution in [2.75, 3.05) is 0 Å². The second-order valence-electron chi connectivity index (χ2n) is 3.68. The van der Waals surface area contributed by atoms with Crippen molar-refractivity contribution in [2.45, 2.75) is 25.9 Å². The number of aliphatic hydroxyl groups is 1. The first-order chi connectivity index (χ1) is 7.19. The summed E-state index contributed by atoms with van der Waals surface area (Å²) in [6.07, 6.45) is 3.34. The third-order valence-corrected chi connectivity index (χ3v) is 2.79. The molecule has 0 spiro atoms. The fourth-order valence-corrected chi connectivity index (χ4v) is 1.77. The molecule has 0 amide bonds. The van der Waals surface area contributed by atoms with E-state index >= 15 is 0 Å². The molecule has 0 aliphatic heterocycles. The molecule has 2 atom stereocenters. The van der Waals surface area contributed by atoms with E-state index in [0.29, 0.717) is 5.02 Å². The standard InChI is InChI=1S/C13H17ClO/c1-3-5-10(4-2)13(15)11-6-8-12(14)9-7-11/h4,6-10,13,15H,2-3,5H2,1H3/t10-,13+/m1/s1. The van der Waals surface area contributed by atoms with Crippen LogP contribution in [0.15, 0.2) is 36.9 Å². The lowest BCUT2D eigenvalue weighted by Crippen LogP contribution is -2.09. The molecule has 1 N–H and O–H groups in total. The Morgan fingerprint density at radius 2 is 2.00 bits per heavy atom. The van der Waals surface area contributed by atoms with Gasteiger partial charge in [-0.1, -0.05) is 43.2 Å². The van der Waals surface area contributed by atoms with E-state index in [4.69, 9.17) is 11.6 Å². The second-order valence-corrected chi connectivity index (χ2v) is 4.12. The molecule has 0 fully saturated rings. The van der Waals surface area contributed by atoms with Crippen LogP contribution in [0, 0.1) is 5.92 Å². The van der Waals surface area contributed by atoms with Crippen molar-refractivity contribution in [1.82, 2.24) is 0 Å². The lowest BCUT2D eigenvalue weighted by Gasteiger charge is -2.19. The number of aliphatic hydroxyl groups excluding tert-OH is 1. The molecule has 0 saturated heterocycles. The summed E-state index contributed by atoms with van der Waals surface area (Å²) in [5.74, 6) is 0.121. The van der Waals surface area contributed by atoms with Crippen LogP contribution < -0.4 is 0 Å². The average molecular weight is 225 g/mol. The summed E-state index contributed by atoms with van der Waals surface area (Å²) in [6.45, 7) is 5.86. The van der Waals surface area contributed by atoms with Gasteiger partial charge in [0.25, 0.3) is 0 Å². The highest BCUT2D eigenvalue weighted by Crippen LogP contribution is 2.27. The summed E-state index contributed by atoms with van der Waals surface area (Å²) >= 11 is 5.79. The molecular formula is C13H17ClO. The third-order valence-electron chi connectivity index (χ3n) is 2.54. The molecule has 82 valence electrons. The molecule has 0 aliphatic rings. The Morgan fingerprint density at radius 3 is 2.47 bits per heavy atom. The number of halogens is 1. The van der Waals surface area contributed by atoms with Crippen LogP contribution in [-0.4, -0.2) is 5.11 Å². The van der Waals surface area contributed by atoms with Crippen molar-refractivity contribution in [2.24, 2.45) is 5.92 Å². The fraction of sp³-hybridized carbons (Fsp3) is 0.385. The van der Waals surface area contributed by atoms with Crippen molar-refractivity contribution >= 4 is 11.6 Å². The first kappa shape index (κ1) is 12.3. The van der Waals surface area contributed by atoms with Gasteiger partial charge >= 0.3 is 0 Å². The van der Waals surface area contributed by atoms with Gasteiger partial charge in [0.2, 0.25) is 0 Å². The van der Waals surface area contributed by atoms with Gasteiger partial charge in [-0.3, -0.25) is 0 Å². The van der Waals surface area contributed by atoms with E-state index in [0.717, 1.165) is 18.4 Å². The van der Waals surface area contributed by atoms with E-state index in [2.05, 4.69) is 13.5 Å². The average Bonchev–Trinajstić information content (AvgIpc) is 2.26. The molecule has 2 heteroatoms. The molecule has 1 nitrogen and oxygen atoms in total. The first-order valence-corrected chi connectivity index (χ1v) is 5.63. The number of benzene rings is 1. The maximum Gasteiger partial charge on any atom is 0.0852 e. The summed E-state index contributed by atoms with van der Waals surface area (Å²) in [6, 6.07) is 7.32. The number of rotatable bonds is 5. The molecule has 0 aromatic heterocycles. The molecule has 0 radical (unpaired) electrons. The van der Waals surface area contributed by atoms with Gasteiger partial charge in [0.1, 0.15) is 0 Å². The zero-order valence-corrected chi connectivity index (χ0v) is 9.74. The molecule has 1 aromatic rings. The summed E-state index contributed by atoms with van der Waals surface area (Å²) in [5, 5.41) is 10.8. The minimum atomic E-state index is -0.472. The zero-order valence-electron chi connectivity index (χ0n) is 8.99. The molecule has 1 rings (SSSR count). The topological polar surface area (TPSA) is 20.2 Å². The van der Waals surface area contributed by atoms with Gasteiger partial charge in [0, 0.05) is 10.9 Å². The highest BCUT2D eigenvalue weighted by atomic mass is 35.5. The Balaban J connectivity index is 2.77. The minimum absolute atomic E-state index is 0.121. The second kappa shape index (κ2) is 5.94. The molecule has 1 aromatic carbocycles. The molecule has 0 heterocycles. The first-order valence-electron chi connectivity index (χ1n) is 5.25. The van der Waals surface area contributed by atoms with Gasteiger partial charge in [-0.2, -0.15) is 0 Å².